The number of benzene rings is 1. The maximum absolute atomic E-state index is 6.00. The first-order valence-electron chi connectivity index (χ1n) is 5.51. The van der Waals surface area contributed by atoms with Gasteiger partial charge in [0, 0.05) is 30.2 Å². The topological polar surface area (TPSA) is 30.9 Å². The summed E-state index contributed by atoms with van der Waals surface area (Å²) in [7, 11) is 2.08. The highest BCUT2D eigenvalue weighted by atomic mass is 14.9. The van der Waals surface area contributed by atoms with Gasteiger partial charge >= 0.3 is 0 Å². The molecular formula is C13H18N2. The second-order valence-corrected chi connectivity index (χ2v) is 4.15. The molecule has 0 saturated carbocycles. The first-order chi connectivity index (χ1) is 7.22. The van der Waals surface area contributed by atoms with E-state index in [0.29, 0.717) is 0 Å². The van der Waals surface area contributed by atoms with Gasteiger partial charge in [-0.15, -0.1) is 0 Å². The van der Waals surface area contributed by atoms with Gasteiger partial charge in [0.15, 0.2) is 0 Å². The molecule has 2 heteroatoms. The van der Waals surface area contributed by atoms with Crippen molar-refractivity contribution in [2.75, 3.05) is 0 Å². The number of aromatic nitrogens is 1. The summed E-state index contributed by atoms with van der Waals surface area (Å²) < 4.78 is 2.15. The standard InChI is InChI=1S/C13H18N2/c1-3-11(14)9-10-5-4-6-13-12(10)7-8-15(13)2/h4-8,11H,3,9,14H2,1-2H3. The first-order valence-corrected chi connectivity index (χ1v) is 5.51. The Morgan fingerprint density at radius 1 is 1.33 bits per heavy atom. The fourth-order valence-electron chi connectivity index (χ4n) is 1.97. The molecule has 2 N–H and O–H groups in total. The van der Waals surface area contributed by atoms with Crippen LogP contribution in [0.2, 0.25) is 0 Å². The number of fused-ring (bicyclic) bond motifs is 1. The van der Waals surface area contributed by atoms with Gasteiger partial charge in [-0.1, -0.05) is 19.1 Å². The highest BCUT2D eigenvalue weighted by Gasteiger charge is 2.06. The maximum atomic E-state index is 6.00. The van der Waals surface area contributed by atoms with E-state index >= 15 is 0 Å². The zero-order valence-corrected chi connectivity index (χ0v) is 9.40. The summed E-state index contributed by atoms with van der Waals surface area (Å²) in [6.07, 6.45) is 4.10. The van der Waals surface area contributed by atoms with Gasteiger partial charge in [0.05, 0.1) is 0 Å². The van der Waals surface area contributed by atoms with Crippen LogP contribution in [-0.2, 0) is 13.5 Å². The van der Waals surface area contributed by atoms with Crippen LogP contribution >= 0.6 is 0 Å². The summed E-state index contributed by atoms with van der Waals surface area (Å²) in [6, 6.07) is 8.89. The Bertz CT molecular complexity index is 457. The molecule has 0 fully saturated rings. The van der Waals surface area contributed by atoms with Crippen LogP contribution < -0.4 is 5.73 Å². The third-order valence-electron chi connectivity index (χ3n) is 3.02. The first kappa shape index (κ1) is 10.2. The molecule has 2 rings (SSSR count). The lowest BCUT2D eigenvalue weighted by Crippen LogP contribution is -2.21. The predicted octanol–water partition coefficient (Wildman–Crippen LogP) is 2.46. The van der Waals surface area contributed by atoms with Crippen molar-refractivity contribution in [3.8, 4) is 0 Å². The van der Waals surface area contributed by atoms with E-state index in [9.17, 15) is 0 Å². The molecule has 80 valence electrons. The molecule has 1 atom stereocenters. The highest BCUT2D eigenvalue weighted by molar-refractivity contribution is 5.83. The SMILES string of the molecule is CCC(N)Cc1cccc2c1ccn2C. The van der Waals surface area contributed by atoms with E-state index in [0.717, 1.165) is 12.8 Å². The normalized spacial score (nSPS) is 13.3. The smallest absolute Gasteiger partial charge is 0.0480 e. The van der Waals surface area contributed by atoms with Crippen LogP contribution in [0.1, 0.15) is 18.9 Å². The number of nitrogens with two attached hydrogens (primary N) is 1. The monoisotopic (exact) mass is 202 g/mol. The van der Waals surface area contributed by atoms with Crippen LogP contribution in [0.25, 0.3) is 10.9 Å². The molecular weight excluding hydrogens is 184 g/mol. The summed E-state index contributed by atoms with van der Waals surface area (Å²) in [5, 5.41) is 1.34. The largest absolute Gasteiger partial charge is 0.351 e. The fourth-order valence-corrected chi connectivity index (χ4v) is 1.97. The molecule has 1 unspecified atom stereocenters. The molecule has 1 aromatic carbocycles. The van der Waals surface area contributed by atoms with E-state index in [-0.39, 0.29) is 6.04 Å². The van der Waals surface area contributed by atoms with Gasteiger partial charge in [-0.3, -0.25) is 0 Å². The third-order valence-corrected chi connectivity index (χ3v) is 3.02. The van der Waals surface area contributed by atoms with Crippen molar-refractivity contribution in [1.29, 1.82) is 0 Å². The summed E-state index contributed by atoms with van der Waals surface area (Å²) in [4.78, 5) is 0. The minimum absolute atomic E-state index is 0.274. The molecule has 0 aliphatic carbocycles. The summed E-state index contributed by atoms with van der Waals surface area (Å²) in [6.45, 7) is 2.13. The fraction of sp³-hybridized carbons (Fsp3) is 0.385. The van der Waals surface area contributed by atoms with E-state index in [2.05, 4.69) is 49.0 Å². The molecule has 15 heavy (non-hydrogen) atoms. The van der Waals surface area contributed by atoms with E-state index in [1.807, 2.05) is 0 Å². The Labute approximate surface area is 90.7 Å². The van der Waals surface area contributed by atoms with Gasteiger partial charge < -0.3 is 10.3 Å². The molecule has 0 aliphatic heterocycles. The number of hydrogen-bond donors (Lipinski definition) is 1. The van der Waals surface area contributed by atoms with Crippen molar-refractivity contribution in [1.82, 2.24) is 4.57 Å². The van der Waals surface area contributed by atoms with E-state index in [1.165, 1.54) is 16.5 Å². The summed E-state index contributed by atoms with van der Waals surface area (Å²) >= 11 is 0. The molecule has 0 spiro atoms. The van der Waals surface area contributed by atoms with Gasteiger partial charge in [-0.2, -0.15) is 0 Å². The average Bonchev–Trinajstić information content (AvgIpc) is 2.62. The van der Waals surface area contributed by atoms with Crippen LogP contribution in [0.15, 0.2) is 30.5 Å². The van der Waals surface area contributed by atoms with Crippen LogP contribution in [0.3, 0.4) is 0 Å². The summed E-state index contributed by atoms with van der Waals surface area (Å²) in [5.74, 6) is 0. The van der Waals surface area contributed by atoms with Crippen molar-refractivity contribution < 1.29 is 0 Å². The Hall–Kier alpha value is -1.28. The zero-order chi connectivity index (χ0) is 10.8. The van der Waals surface area contributed by atoms with Crippen molar-refractivity contribution in [3.63, 3.8) is 0 Å². The van der Waals surface area contributed by atoms with Crippen LogP contribution in [0.5, 0.6) is 0 Å². The number of nitrogens with zero attached hydrogens (tertiary/aromatic N) is 1. The van der Waals surface area contributed by atoms with Crippen LogP contribution in [0.4, 0.5) is 0 Å². The second kappa shape index (κ2) is 4.07. The van der Waals surface area contributed by atoms with Crippen molar-refractivity contribution in [3.05, 3.63) is 36.0 Å². The number of aryl methyl sites for hydroxylation is 1. The van der Waals surface area contributed by atoms with Crippen molar-refractivity contribution in [2.24, 2.45) is 12.8 Å². The average molecular weight is 202 g/mol. The lowest BCUT2D eigenvalue weighted by atomic mass is 10.0. The van der Waals surface area contributed by atoms with E-state index < -0.39 is 0 Å². The maximum Gasteiger partial charge on any atom is 0.0480 e. The number of hydrogen-bond acceptors (Lipinski definition) is 1. The zero-order valence-electron chi connectivity index (χ0n) is 9.40. The number of rotatable bonds is 3. The minimum Gasteiger partial charge on any atom is -0.351 e. The van der Waals surface area contributed by atoms with Crippen LogP contribution in [-0.4, -0.2) is 10.6 Å². The second-order valence-electron chi connectivity index (χ2n) is 4.15. The molecule has 2 aromatic rings. The summed E-state index contributed by atoms with van der Waals surface area (Å²) in [5.41, 5.74) is 8.65. The van der Waals surface area contributed by atoms with E-state index in [1.54, 1.807) is 0 Å². The van der Waals surface area contributed by atoms with Gasteiger partial charge in [0.25, 0.3) is 0 Å². The quantitative estimate of drug-likeness (QED) is 0.814. The van der Waals surface area contributed by atoms with Gasteiger partial charge in [-0.05, 0) is 30.5 Å². The lowest BCUT2D eigenvalue weighted by Gasteiger charge is -2.09. The molecule has 2 nitrogen and oxygen atoms in total. The molecule has 0 amide bonds. The Kier molecular flexibility index (Phi) is 2.78. The van der Waals surface area contributed by atoms with Crippen molar-refractivity contribution in [2.45, 2.75) is 25.8 Å². The molecule has 0 bridgehead atoms. The van der Waals surface area contributed by atoms with Gasteiger partial charge in [-0.25, -0.2) is 0 Å². The van der Waals surface area contributed by atoms with E-state index in [4.69, 9.17) is 5.73 Å². The molecule has 1 heterocycles. The third kappa shape index (κ3) is 1.90. The molecule has 0 saturated heterocycles. The molecule has 0 radical (unpaired) electrons. The van der Waals surface area contributed by atoms with Gasteiger partial charge in [0.2, 0.25) is 0 Å². The van der Waals surface area contributed by atoms with Crippen molar-refractivity contribution >= 4 is 10.9 Å². The lowest BCUT2D eigenvalue weighted by molar-refractivity contribution is 0.649. The predicted molar refractivity (Wildman–Crippen MR) is 64.9 cm³/mol. The Morgan fingerprint density at radius 3 is 2.87 bits per heavy atom. The van der Waals surface area contributed by atoms with Gasteiger partial charge in [0.1, 0.15) is 0 Å². The molecule has 0 aliphatic rings. The Balaban J connectivity index is 2.43. The minimum atomic E-state index is 0.274. The molecule has 1 aromatic heterocycles. The Morgan fingerprint density at radius 2 is 2.13 bits per heavy atom. The highest BCUT2D eigenvalue weighted by Crippen LogP contribution is 2.20. The van der Waals surface area contributed by atoms with Crippen LogP contribution in [0, 0.1) is 0 Å².